The molecular formula is C17H21IN2O. The van der Waals surface area contributed by atoms with Gasteiger partial charge in [-0.3, -0.25) is 0 Å². The summed E-state index contributed by atoms with van der Waals surface area (Å²) in [6, 6.07) is 8.31. The van der Waals surface area contributed by atoms with Gasteiger partial charge in [-0.15, -0.1) is 0 Å². The minimum atomic E-state index is -0.0336. The topological polar surface area (TPSA) is 41.1 Å². The first-order valence-corrected chi connectivity index (χ1v) is 9.08. The van der Waals surface area contributed by atoms with E-state index >= 15 is 0 Å². The van der Waals surface area contributed by atoms with E-state index in [1.54, 1.807) is 0 Å². The van der Waals surface area contributed by atoms with Gasteiger partial charge in [-0.1, -0.05) is 0 Å². The van der Waals surface area contributed by atoms with E-state index in [4.69, 9.17) is 0 Å². The summed E-state index contributed by atoms with van der Waals surface area (Å²) >= 11 is 2.27. The summed E-state index contributed by atoms with van der Waals surface area (Å²) in [5, 5.41) is 6.25. The molecule has 2 N–H and O–H groups in total. The van der Waals surface area contributed by atoms with Gasteiger partial charge in [0.15, 0.2) is 0 Å². The molecule has 4 aliphatic rings. The average molecular weight is 396 g/mol. The van der Waals surface area contributed by atoms with Gasteiger partial charge in [-0.25, -0.2) is 4.79 Å². The van der Waals surface area contributed by atoms with Crippen molar-refractivity contribution in [1.82, 2.24) is 5.32 Å². The Kier molecular flexibility index (Phi) is 3.59. The molecular weight excluding hydrogens is 375 g/mol. The summed E-state index contributed by atoms with van der Waals surface area (Å²) in [5.41, 5.74) is 0.872. The molecule has 4 fully saturated rings. The molecule has 3 nitrogen and oxygen atoms in total. The third-order valence-electron chi connectivity index (χ3n) is 5.63. The zero-order valence-corrected chi connectivity index (χ0v) is 14.2. The van der Waals surface area contributed by atoms with Gasteiger partial charge in [-0.2, -0.15) is 0 Å². The number of nitrogens with one attached hydrogen (secondary N) is 2. The van der Waals surface area contributed by atoms with Gasteiger partial charge in [0.05, 0.1) is 0 Å². The number of anilines is 1. The van der Waals surface area contributed by atoms with Crippen molar-refractivity contribution in [1.29, 1.82) is 0 Å². The number of rotatable bonds is 2. The first-order valence-electron chi connectivity index (χ1n) is 8.00. The lowest BCUT2D eigenvalue weighted by atomic mass is 9.54. The predicted octanol–water partition coefficient (Wildman–Crippen LogP) is 4.24. The molecule has 0 heterocycles. The second kappa shape index (κ2) is 5.45. The van der Waals surface area contributed by atoms with Crippen LogP contribution in [-0.4, -0.2) is 12.1 Å². The van der Waals surface area contributed by atoms with Crippen LogP contribution < -0.4 is 10.6 Å². The largest absolute Gasteiger partial charge is 0.335 e. The van der Waals surface area contributed by atoms with Crippen LogP contribution >= 0.6 is 22.6 Å². The molecule has 1 aromatic carbocycles. The number of hydrogen-bond acceptors (Lipinski definition) is 1. The second-order valence-corrected chi connectivity index (χ2v) is 8.31. The molecule has 4 heteroatoms. The molecule has 112 valence electrons. The summed E-state index contributed by atoms with van der Waals surface area (Å²) < 4.78 is 1.18. The van der Waals surface area contributed by atoms with Crippen molar-refractivity contribution in [3.05, 3.63) is 27.8 Å². The monoisotopic (exact) mass is 396 g/mol. The lowest BCUT2D eigenvalue weighted by Crippen LogP contribution is -2.56. The summed E-state index contributed by atoms with van der Waals surface area (Å²) in [5.74, 6) is 3.35. The molecule has 4 aliphatic carbocycles. The fourth-order valence-electron chi connectivity index (χ4n) is 5.01. The Morgan fingerprint density at radius 2 is 1.52 bits per heavy atom. The highest BCUT2D eigenvalue weighted by atomic mass is 127. The number of urea groups is 1. The lowest BCUT2D eigenvalue weighted by Gasteiger charge is -2.54. The molecule has 4 bridgehead atoms. The van der Waals surface area contributed by atoms with Crippen LogP contribution in [0.5, 0.6) is 0 Å². The fraction of sp³-hybridized carbons (Fsp3) is 0.588. The van der Waals surface area contributed by atoms with E-state index in [1.165, 1.54) is 35.7 Å². The number of amides is 2. The third kappa shape index (κ3) is 2.79. The van der Waals surface area contributed by atoms with Crippen LogP contribution in [0.2, 0.25) is 0 Å². The van der Waals surface area contributed by atoms with E-state index in [0.29, 0.717) is 6.04 Å². The molecule has 0 radical (unpaired) electrons. The quantitative estimate of drug-likeness (QED) is 0.722. The van der Waals surface area contributed by atoms with Gasteiger partial charge in [-0.05, 0) is 103 Å². The normalized spacial score (nSPS) is 36.5. The van der Waals surface area contributed by atoms with Crippen molar-refractivity contribution in [3.63, 3.8) is 0 Å². The maximum atomic E-state index is 12.3. The summed E-state index contributed by atoms with van der Waals surface area (Å²) in [6.45, 7) is 0. The van der Waals surface area contributed by atoms with E-state index in [9.17, 15) is 4.79 Å². The molecule has 0 aliphatic heterocycles. The first-order chi connectivity index (χ1) is 10.2. The zero-order chi connectivity index (χ0) is 14.4. The molecule has 0 spiro atoms. The smallest absolute Gasteiger partial charge is 0.319 e. The SMILES string of the molecule is O=C(Nc1ccc(I)cc1)NC1C2CC3CC(C2)CC1C3. The number of halogens is 1. The van der Waals surface area contributed by atoms with Crippen LogP contribution in [-0.2, 0) is 0 Å². The highest BCUT2D eigenvalue weighted by molar-refractivity contribution is 14.1. The van der Waals surface area contributed by atoms with E-state index in [0.717, 1.165) is 29.4 Å². The molecule has 0 saturated heterocycles. The Balaban J connectivity index is 1.39. The molecule has 0 aromatic heterocycles. The van der Waals surface area contributed by atoms with Gasteiger partial charge in [0.2, 0.25) is 0 Å². The van der Waals surface area contributed by atoms with Crippen LogP contribution in [0.3, 0.4) is 0 Å². The van der Waals surface area contributed by atoms with E-state index in [-0.39, 0.29) is 6.03 Å². The van der Waals surface area contributed by atoms with Gasteiger partial charge < -0.3 is 10.6 Å². The number of carbonyl (C=O) groups is 1. The Labute approximate surface area is 139 Å². The van der Waals surface area contributed by atoms with Crippen LogP contribution in [0.1, 0.15) is 32.1 Å². The molecule has 0 unspecified atom stereocenters. The van der Waals surface area contributed by atoms with Crippen molar-refractivity contribution < 1.29 is 4.79 Å². The number of benzene rings is 1. The molecule has 2 amide bonds. The fourth-order valence-corrected chi connectivity index (χ4v) is 5.37. The lowest BCUT2D eigenvalue weighted by molar-refractivity contribution is -0.00883. The Morgan fingerprint density at radius 1 is 0.952 bits per heavy atom. The van der Waals surface area contributed by atoms with E-state index in [1.807, 2.05) is 24.3 Å². The summed E-state index contributed by atoms with van der Waals surface area (Å²) in [7, 11) is 0. The minimum Gasteiger partial charge on any atom is -0.335 e. The molecule has 4 saturated carbocycles. The van der Waals surface area contributed by atoms with Crippen LogP contribution in [0.4, 0.5) is 10.5 Å². The Bertz CT molecular complexity index is 514. The maximum Gasteiger partial charge on any atom is 0.319 e. The molecule has 0 atom stereocenters. The highest BCUT2D eigenvalue weighted by Crippen LogP contribution is 2.53. The van der Waals surface area contributed by atoms with Crippen molar-refractivity contribution in [2.75, 3.05) is 5.32 Å². The standard InChI is InChI=1S/C17H21IN2O/c18-14-1-3-15(4-2-14)19-17(21)20-16-12-6-10-5-11(8-12)9-13(16)7-10/h1-4,10-13,16H,5-9H2,(H2,19,20,21). The number of carbonyl (C=O) groups excluding carboxylic acids is 1. The third-order valence-corrected chi connectivity index (χ3v) is 6.35. The van der Waals surface area contributed by atoms with Crippen LogP contribution in [0.25, 0.3) is 0 Å². The highest BCUT2D eigenvalue weighted by Gasteiger charge is 2.48. The predicted molar refractivity (Wildman–Crippen MR) is 92.1 cm³/mol. The minimum absolute atomic E-state index is 0.0336. The zero-order valence-electron chi connectivity index (χ0n) is 12.0. The van der Waals surface area contributed by atoms with Gasteiger partial charge >= 0.3 is 6.03 Å². The average Bonchev–Trinajstić information content (AvgIpc) is 2.45. The first kappa shape index (κ1) is 13.9. The molecule has 21 heavy (non-hydrogen) atoms. The molecule has 5 rings (SSSR count). The molecule has 1 aromatic rings. The Morgan fingerprint density at radius 3 is 2.10 bits per heavy atom. The number of hydrogen-bond donors (Lipinski definition) is 2. The van der Waals surface area contributed by atoms with Crippen molar-refractivity contribution >= 4 is 34.3 Å². The maximum absolute atomic E-state index is 12.3. The summed E-state index contributed by atoms with van der Waals surface area (Å²) in [6.07, 6.45) is 6.79. The van der Waals surface area contributed by atoms with E-state index < -0.39 is 0 Å². The second-order valence-electron chi connectivity index (χ2n) is 7.06. The summed E-state index contributed by atoms with van der Waals surface area (Å²) in [4.78, 5) is 12.3. The van der Waals surface area contributed by atoms with Crippen molar-refractivity contribution in [3.8, 4) is 0 Å². The van der Waals surface area contributed by atoms with Gasteiger partial charge in [0, 0.05) is 15.3 Å². The van der Waals surface area contributed by atoms with Gasteiger partial charge in [0.25, 0.3) is 0 Å². The van der Waals surface area contributed by atoms with Crippen LogP contribution in [0.15, 0.2) is 24.3 Å². The Hall–Kier alpha value is -0.780. The van der Waals surface area contributed by atoms with Crippen molar-refractivity contribution in [2.24, 2.45) is 23.7 Å². The van der Waals surface area contributed by atoms with Crippen molar-refractivity contribution in [2.45, 2.75) is 38.1 Å². The van der Waals surface area contributed by atoms with Crippen LogP contribution in [0, 0.1) is 27.2 Å². The van der Waals surface area contributed by atoms with E-state index in [2.05, 4.69) is 33.2 Å². The van der Waals surface area contributed by atoms with Gasteiger partial charge in [0.1, 0.15) is 0 Å².